The number of likely N-dealkylation sites (tertiary alicyclic amines) is 1. The Morgan fingerprint density at radius 3 is 2.95 bits per heavy atom. The highest BCUT2D eigenvalue weighted by Crippen LogP contribution is 2.35. The number of fused-ring (bicyclic) bond motifs is 1. The topological polar surface area (TPSA) is 67.6 Å². The number of carbonyl (C=O) groups excluding carboxylic acids is 1. The van der Waals surface area contributed by atoms with Gasteiger partial charge in [0.05, 0.1) is 7.11 Å². The summed E-state index contributed by atoms with van der Waals surface area (Å²) in [5.41, 5.74) is 6.80. The van der Waals surface area contributed by atoms with Crippen LogP contribution < -0.4 is 15.8 Å². The van der Waals surface area contributed by atoms with Crippen molar-refractivity contribution in [2.75, 3.05) is 25.5 Å². The molecule has 114 valence electrons. The highest BCUT2D eigenvalue weighted by atomic mass is 16.5. The Balaban J connectivity index is 1.61. The van der Waals surface area contributed by atoms with Gasteiger partial charge in [0.1, 0.15) is 5.75 Å². The van der Waals surface area contributed by atoms with E-state index in [1.165, 1.54) is 0 Å². The molecule has 1 unspecified atom stereocenters. The van der Waals surface area contributed by atoms with Gasteiger partial charge in [-0.25, -0.2) is 4.79 Å². The Labute approximate surface area is 125 Å². The second-order valence-electron chi connectivity index (χ2n) is 6.16. The van der Waals surface area contributed by atoms with Crippen molar-refractivity contribution < 1.29 is 9.53 Å². The van der Waals surface area contributed by atoms with Crippen molar-refractivity contribution in [3.05, 3.63) is 24.3 Å². The van der Waals surface area contributed by atoms with E-state index in [1.54, 1.807) is 7.11 Å². The van der Waals surface area contributed by atoms with E-state index in [0.29, 0.717) is 17.9 Å². The molecule has 5 nitrogen and oxygen atoms in total. The minimum atomic E-state index is -0.0220. The van der Waals surface area contributed by atoms with Crippen LogP contribution in [0, 0.1) is 11.8 Å². The minimum Gasteiger partial charge on any atom is -0.497 e. The van der Waals surface area contributed by atoms with E-state index in [1.807, 2.05) is 29.2 Å². The summed E-state index contributed by atoms with van der Waals surface area (Å²) >= 11 is 0. The average molecular weight is 289 g/mol. The molecule has 2 fully saturated rings. The number of ether oxygens (including phenoxy) is 1. The van der Waals surface area contributed by atoms with Crippen molar-refractivity contribution in [2.45, 2.75) is 25.3 Å². The van der Waals surface area contributed by atoms with Gasteiger partial charge < -0.3 is 20.7 Å². The minimum absolute atomic E-state index is 0.0220. The van der Waals surface area contributed by atoms with E-state index < -0.39 is 0 Å². The van der Waals surface area contributed by atoms with Gasteiger partial charge in [-0.05, 0) is 43.2 Å². The lowest BCUT2D eigenvalue weighted by atomic mass is 9.79. The van der Waals surface area contributed by atoms with Gasteiger partial charge in [-0.2, -0.15) is 0 Å². The van der Waals surface area contributed by atoms with Crippen LogP contribution in [0.4, 0.5) is 10.5 Å². The SMILES string of the molecule is COc1cccc(NC(=O)N2C[C@H]3CCC(N)C[C@H]3C2)c1. The number of nitrogens with one attached hydrogen (secondary N) is 1. The normalized spacial score (nSPS) is 28.1. The highest BCUT2D eigenvalue weighted by molar-refractivity contribution is 5.89. The number of anilines is 1. The van der Waals surface area contributed by atoms with Crippen LogP contribution in [0.5, 0.6) is 5.75 Å². The smallest absolute Gasteiger partial charge is 0.321 e. The lowest BCUT2D eigenvalue weighted by molar-refractivity contribution is 0.220. The summed E-state index contributed by atoms with van der Waals surface area (Å²) in [5, 5.41) is 2.96. The van der Waals surface area contributed by atoms with E-state index in [9.17, 15) is 4.79 Å². The molecular weight excluding hydrogens is 266 g/mol. The van der Waals surface area contributed by atoms with Gasteiger partial charge in [0, 0.05) is 30.9 Å². The molecule has 0 spiro atoms. The Morgan fingerprint density at radius 1 is 1.33 bits per heavy atom. The Hall–Kier alpha value is -1.75. The molecule has 3 rings (SSSR count). The molecule has 0 aromatic heterocycles. The molecule has 1 saturated carbocycles. The second-order valence-corrected chi connectivity index (χ2v) is 6.16. The Bertz CT molecular complexity index is 520. The molecule has 1 heterocycles. The first-order valence-corrected chi connectivity index (χ1v) is 7.61. The molecule has 1 aliphatic carbocycles. The number of amides is 2. The fraction of sp³-hybridized carbons (Fsp3) is 0.562. The lowest BCUT2D eigenvalue weighted by Crippen LogP contribution is -2.33. The number of hydrogen-bond acceptors (Lipinski definition) is 3. The van der Waals surface area contributed by atoms with Crippen LogP contribution >= 0.6 is 0 Å². The first-order valence-electron chi connectivity index (χ1n) is 7.61. The summed E-state index contributed by atoms with van der Waals surface area (Å²) in [7, 11) is 1.62. The number of methoxy groups -OCH3 is 1. The van der Waals surface area contributed by atoms with Crippen molar-refractivity contribution in [3.63, 3.8) is 0 Å². The zero-order chi connectivity index (χ0) is 14.8. The van der Waals surface area contributed by atoms with Crippen LogP contribution in [0.25, 0.3) is 0 Å². The summed E-state index contributed by atoms with van der Waals surface area (Å²) < 4.78 is 5.17. The van der Waals surface area contributed by atoms with Gasteiger partial charge in [0.2, 0.25) is 0 Å². The second kappa shape index (κ2) is 5.93. The van der Waals surface area contributed by atoms with Crippen LogP contribution in [0.15, 0.2) is 24.3 Å². The van der Waals surface area contributed by atoms with Crippen LogP contribution in [0.3, 0.4) is 0 Å². The molecule has 0 radical (unpaired) electrons. The maximum atomic E-state index is 12.4. The number of nitrogens with two attached hydrogens (primary N) is 1. The van der Waals surface area contributed by atoms with Crippen molar-refractivity contribution in [1.29, 1.82) is 0 Å². The van der Waals surface area contributed by atoms with Crippen molar-refractivity contribution in [2.24, 2.45) is 17.6 Å². The molecule has 2 aliphatic rings. The summed E-state index contributed by atoms with van der Waals surface area (Å²) in [5.74, 6) is 1.94. The standard InChI is InChI=1S/C16H23N3O2/c1-21-15-4-2-3-14(8-15)18-16(20)19-9-11-5-6-13(17)7-12(11)10-19/h2-4,8,11-13H,5-7,9-10,17H2,1H3,(H,18,20)/t11-,12+,13?/m1/s1. The largest absolute Gasteiger partial charge is 0.497 e. The van der Waals surface area contributed by atoms with Crippen molar-refractivity contribution in [1.82, 2.24) is 4.90 Å². The van der Waals surface area contributed by atoms with Crippen molar-refractivity contribution in [3.8, 4) is 5.75 Å². The third-order valence-electron chi connectivity index (χ3n) is 4.70. The first-order chi connectivity index (χ1) is 10.2. The molecule has 1 saturated heterocycles. The van der Waals surface area contributed by atoms with Gasteiger partial charge in [-0.3, -0.25) is 0 Å². The van der Waals surface area contributed by atoms with Gasteiger partial charge in [-0.1, -0.05) is 6.07 Å². The number of rotatable bonds is 2. The molecule has 21 heavy (non-hydrogen) atoms. The van der Waals surface area contributed by atoms with Crippen LogP contribution in [0.2, 0.25) is 0 Å². The quantitative estimate of drug-likeness (QED) is 0.877. The number of hydrogen-bond donors (Lipinski definition) is 2. The Morgan fingerprint density at radius 2 is 2.14 bits per heavy atom. The van der Waals surface area contributed by atoms with Gasteiger partial charge in [0.15, 0.2) is 0 Å². The molecule has 0 bridgehead atoms. The summed E-state index contributed by atoms with van der Waals surface area (Å²) in [6.07, 6.45) is 3.29. The summed E-state index contributed by atoms with van der Waals surface area (Å²) in [4.78, 5) is 14.3. The Kier molecular flexibility index (Phi) is 4.01. The molecular formula is C16H23N3O2. The molecule has 3 N–H and O–H groups in total. The van der Waals surface area contributed by atoms with Gasteiger partial charge in [-0.15, -0.1) is 0 Å². The zero-order valence-electron chi connectivity index (χ0n) is 12.4. The lowest BCUT2D eigenvalue weighted by Gasteiger charge is -2.27. The fourth-order valence-corrected chi connectivity index (χ4v) is 3.54. The number of carbonyl (C=O) groups is 1. The third-order valence-corrected chi connectivity index (χ3v) is 4.70. The number of urea groups is 1. The molecule has 1 aliphatic heterocycles. The van der Waals surface area contributed by atoms with E-state index in [0.717, 1.165) is 43.8 Å². The maximum absolute atomic E-state index is 12.4. The van der Waals surface area contributed by atoms with Crippen molar-refractivity contribution >= 4 is 11.7 Å². The predicted octanol–water partition coefficient (Wildman–Crippen LogP) is 2.29. The number of benzene rings is 1. The van der Waals surface area contributed by atoms with E-state index in [2.05, 4.69) is 5.32 Å². The predicted molar refractivity (Wildman–Crippen MR) is 82.4 cm³/mol. The molecule has 1 aromatic rings. The molecule has 2 amide bonds. The van der Waals surface area contributed by atoms with Gasteiger partial charge in [0.25, 0.3) is 0 Å². The van der Waals surface area contributed by atoms with Crippen LogP contribution in [-0.2, 0) is 0 Å². The highest BCUT2D eigenvalue weighted by Gasteiger charge is 2.38. The molecule has 5 heteroatoms. The van der Waals surface area contributed by atoms with E-state index in [-0.39, 0.29) is 6.03 Å². The summed E-state index contributed by atoms with van der Waals surface area (Å²) in [6.45, 7) is 1.68. The molecule has 1 aromatic carbocycles. The molecule has 3 atom stereocenters. The maximum Gasteiger partial charge on any atom is 0.321 e. The average Bonchev–Trinajstić information content (AvgIpc) is 2.90. The zero-order valence-corrected chi connectivity index (χ0v) is 12.4. The van der Waals surface area contributed by atoms with E-state index in [4.69, 9.17) is 10.5 Å². The van der Waals surface area contributed by atoms with E-state index >= 15 is 0 Å². The number of nitrogens with zero attached hydrogens (tertiary/aromatic N) is 1. The van der Waals surface area contributed by atoms with Gasteiger partial charge >= 0.3 is 6.03 Å². The van der Waals surface area contributed by atoms with Crippen LogP contribution in [0.1, 0.15) is 19.3 Å². The summed E-state index contributed by atoms with van der Waals surface area (Å²) in [6, 6.07) is 7.73. The third kappa shape index (κ3) is 3.13. The van der Waals surface area contributed by atoms with Crippen LogP contribution in [-0.4, -0.2) is 37.2 Å². The fourth-order valence-electron chi connectivity index (χ4n) is 3.54. The first kappa shape index (κ1) is 14.2. The monoisotopic (exact) mass is 289 g/mol.